The maximum absolute atomic E-state index is 12.4. The van der Waals surface area contributed by atoms with E-state index in [9.17, 15) is 9.59 Å². The van der Waals surface area contributed by atoms with Crippen LogP contribution in [0.15, 0.2) is 21.2 Å². The van der Waals surface area contributed by atoms with Crippen LogP contribution in [0.25, 0.3) is 0 Å². The molecule has 1 aromatic heterocycles. The quantitative estimate of drug-likeness (QED) is 0.811. The summed E-state index contributed by atoms with van der Waals surface area (Å²) in [7, 11) is 1.70. The van der Waals surface area contributed by atoms with Gasteiger partial charge in [0.15, 0.2) is 0 Å². The highest BCUT2D eigenvalue weighted by Gasteiger charge is 2.35. The standard InChI is InChI=1S/C15H18ClN7O2/c1-8-5-10(18-13(25)15(2,3)7-16)23(21-8)14-19-11-9(12(24)20-14)6-17-22(11)4/h5-6,9H,7H2,1-4H3,(H,18,25). The lowest BCUT2D eigenvalue weighted by molar-refractivity contribution is -0.123. The molecule has 2 aliphatic rings. The number of amidine groups is 1. The average Bonchev–Trinajstić information content (AvgIpc) is 3.11. The molecule has 132 valence electrons. The molecule has 3 heterocycles. The molecule has 25 heavy (non-hydrogen) atoms. The molecule has 1 atom stereocenters. The van der Waals surface area contributed by atoms with Crippen LogP contribution in [-0.4, -0.2) is 57.5 Å². The molecule has 1 unspecified atom stereocenters. The number of alkyl halides is 1. The first-order chi connectivity index (χ1) is 11.7. The first kappa shape index (κ1) is 17.3. The zero-order valence-corrected chi connectivity index (χ0v) is 15.1. The summed E-state index contributed by atoms with van der Waals surface area (Å²) in [6, 6.07) is 1.68. The van der Waals surface area contributed by atoms with Crippen molar-refractivity contribution in [3.63, 3.8) is 0 Å². The van der Waals surface area contributed by atoms with Crippen LogP contribution in [0.5, 0.6) is 0 Å². The van der Waals surface area contributed by atoms with Gasteiger partial charge < -0.3 is 5.32 Å². The van der Waals surface area contributed by atoms with Crippen molar-refractivity contribution >= 4 is 47.2 Å². The maximum atomic E-state index is 12.4. The summed E-state index contributed by atoms with van der Waals surface area (Å²) < 4.78 is 1.34. The van der Waals surface area contributed by atoms with Crippen molar-refractivity contribution in [2.24, 2.45) is 26.4 Å². The van der Waals surface area contributed by atoms with Crippen LogP contribution in [0.3, 0.4) is 0 Å². The van der Waals surface area contributed by atoms with Crippen LogP contribution in [0, 0.1) is 18.3 Å². The summed E-state index contributed by atoms with van der Waals surface area (Å²) in [6.45, 7) is 5.24. The second kappa shape index (κ2) is 6.07. The predicted molar refractivity (Wildman–Crippen MR) is 95.1 cm³/mol. The van der Waals surface area contributed by atoms with Crippen LogP contribution in [-0.2, 0) is 9.59 Å². The Hall–Kier alpha value is -2.55. The van der Waals surface area contributed by atoms with Crippen LogP contribution in [0.1, 0.15) is 19.5 Å². The summed E-state index contributed by atoms with van der Waals surface area (Å²) in [4.78, 5) is 33.0. The molecule has 1 aromatic rings. The van der Waals surface area contributed by atoms with E-state index in [2.05, 4.69) is 25.5 Å². The number of nitrogens with one attached hydrogen (secondary N) is 1. The van der Waals surface area contributed by atoms with E-state index in [0.29, 0.717) is 17.3 Å². The Morgan fingerprint density at radius 3 is 2.80 bits per heavy atom. The highest BCUT2D eigenvalue weighted by Crippen LogP contribution is 2.22. The first-order valence-electron chi connectivity index (χ1n) is 7.66. The Bertz CT molecular complexity index is 837. The van der Waals surface area contributed by atoms with Crippen molar-refractivity contribution in [1.82, 2.24) is 14.8 Å². The van der Waals surface area contributed by atoms with E-state index < -0.39 is 11.3 Å². The molecule has 10 heteroatoms. The van der Waals surface area contributed by atoms with E-state index in [4.69, 9.17) is 11.6 Å². The lowest BCUT2D eigenvalue weighted by atomic mass is 9.95. The Labute approximate surface area is 149 Å². The smallest absolute Gasteiger partial charge is 0.265 e. The van der Waals surface area contributed by atoms with Gasteiger partial charge in [-0.25, -0.2) is 0 Å². The van der Waals surface area contributed by atoms with Gasteiger partial charge in [-0.2, -0.15) is 24.9 Å². The summed E-state index contributed by atoms with van der Waals surface area (Å²) in [5.41, 5.74) is -0.113. The fourth-order valence-corrected chi connectivity index (χ4v) is 2.41. The molecular formula is C15H18ClN7O2. The van der Waals surface area contributed by atoms with Gasteiger partial charge in [0.05, 0.1) is 11.1 Å². The highest BCUT2D eigenvalue weighted by atomic mass is 35.5. The Morgan fingerprint density at radius 2 is 2.12 bits per heavy atom. The lowest BCUT2D eigenvalue weighted by Gasteiger charge is -2.21. The minimum Gasteiger partial charge on any atom is -0.310 e. The van der Waals surface area contributed by atoms with Crippen molar-refractivity contribution in [2.45, 2.75) is 20.8 Å². The number of amides is 2. The topological polar surface area (TPSA) is 104 Å². The summed E-state index contributed by atoms with van der Waals surface area (Å²) in [5.74, 6) is -0.118. The number of carbonyl (C=O) groups is 2. The van der Waals surface area contributed by atoms with E-state index in [1.807, 2.05) is 0 Å². The fourth-order valence-electron chi connectivity index (χ4n) is 2.29. The van der Waals surface area contributed by atoms with Crippen LogP contribution >= 0.6 is 11.6 Å². The number of aryl methyl sites for hydroxylation is 1. The highest BCUT2D eigenvalue weighted by molar-refractivity contribution is 6.24. The number of aromatic nitrogens is 2. The minimum atomic E-state index is -0.759. The summed E-state index contributed by atoms with van der Waals surface area (Å²) in [6.07, 6.45) is 1.50. The molecule has 0 radical (unpaired) electrons. The number of aliphatic imine (C=N–C) groups is 2. The molecule has 1 N–H and O–H groups in total. The van der Waals surface area contributed by atoms with Gasteiger partial charge in [-0.15, -0.1) is 11.6 Å². The third kappa shape index (κ3) is 3.07. The van der Waals surface area contributed by atoms with Gasteiger partial charge in [0, 0.05) is 25.2 Å². The average molecular weight is 364 g/mol. The number of fused-ring (bicyclic) bond motifs is 1. The zero-order valence-electron chi connectivity index (χ0n) is 14.3. The van der Waals surface area contributed by atoms with Crippen LogP contribution in [0.2, 0.25) is 0 Å². The number of halogens is 1. The number of hydrazone groups is 1. The number of hydrogen-bond donors (Lipinski definition) is 1. The number of nitrogens with zero attached hydrogens (tertiary/aromatic N) is 6. The normalized spacial score (nSPS) is 19.6. The third-order valence-corrected chi connectivity index (χ3v) is 4.57. The molecule has 0 bridgehead atoms. The number of rotatable bonds is 3. The van der Waals surface area contributed by atoms with Gasteiger partial charge in [-0.1, -0.05) is 0 Å². The molecule has 2 amide bonds. The Morgan fingerprint density at radius 1 is 1.40 bits per heavy atom. The predicted octanol–water partition coefficient (Wildman–Crippen LogP) is 1.09. The molecule has 0 spiro atoms. The van der Waals surface area contributed by atoms with Crippen molar-refractivity contribution < 1.29 is 9.59 Å². The first-order valence-corrected chi connectivity index (χ1v) is 8.20. The van der Waals surface area contributed by atoms with Gasteiger partial charge in [0.25, 0.3) is 11.9 Å². The molecule has 0 aliphatic carbocycles. The number of anilines is 1. The summed E-state index contributed by atoms with van der Waals surface area (Å²) in [5, 5.41) is 12.6. The monoisotopic (exact) mass is 363 g/mol. The second-order valence-electron chi connectivity index (χ2n) is 6.54. The zero-order chi connectivity index (χ0) is 18.4. The molecule has 0 aromatic carbocycles. The van der Waals surface area contributed by atoms with Gasteiger partial charge in [0.1, 0.15) is 17.6 Å². The third-order valence-electron chi connectivity index (χ3n) is 3.90. The van der Waals surface area contributed by atoms with Crippen LogP contribution in [0.4, 0.5) is 5.82 Å². The molecule has 0 saturated carbocycles. The molecule has 0 fully saturated rings. The Balaban J connectivity index is 1.95. The van der Waals surface area contributed by atoms with Crippen molar-refractivity contribution in [2.75, 3.05) is 18.2 Å². The van der Waals surface area contributed by atoms with Crippen molar-refractivity contribution in [3.8, 4) is 0 Å². The molecule has 2 aliphatic heterocycles. The van der Waals surface area contributed by atoms with E-state index in [0.717, 1.165) is 0 Å². The van der Waals surface area contributed by atoms with Gasteiger partial charge >= 0.3 is 0 Å². The number of carbonyl (C=O) groups excluding carboxylic acids is 2. The van der Waals surface area contributed by atoms with E-state index in [1.165, 1.54) is 15.9 Å². The SMILES string of the molecule is Cc1cc(NC(=O)C(C)(C)CCl)n(C2=NC(=O)C3C=NN(C)C3=N2)n1. The van der Waals surface area contributed by atoms with Gasteiger partial charge in [-0.3, -0.25) is 14.6 Å². The fraction of sp³-hybridized carbons (Fsp3) is 0.467. The largest absolute Gasteiger partial charge is 0.310 e. The molecule has 9 nitrogen and oxygen atoms in total. The Kier molecular flexibility index (Phi) is 4.19. The van der Waals surface area contributed by atoms with Gasteiger partial charge in [0.2, 0.25) is 5.91 Å². The van der Waals surface area contributed by atoms with E-state index >= 15 is 0 Å². The molecular weight excluding hydrogens is 346 g/mol. The minimum absolute atomic E-state index is 0.0840. The van der Waals surface area contributed by atoms with Crippen molar-refractivity contribution in [1.29, 1.82) is 0 Å². The van der Waals surface area contributed by atoms with Gasteiger partial charge in [-0.05, 0) is 20.8 Å². The maximum Gasteiger partial charge on any atom is 0.265 e. The molecule has 3 rings (SSSR count). The van der Waals surface area contributed by atoms with E-state index in [1.54, 1.807) is 33.9 Å². The number of hydrogen-bond acceptors (Lipinski definition) is 6. The molecule has 0 saturated heterocycles. The van der Waals surface area contributed by atoms with Crippen LogP contribution < -0.4 is 5.32 Å². The van der Waals surface area contributed by atoms with E-state index in [-0.39, 0.29) is 23.7 Å². The second-order valence-corrected chi connectivity index (χ2v) is 6.81. The lowest BCUT2D eigenvalue weighted by Crippen LogP contribution is -2.36. The summed E-state index contributed by atoms with van der Waals surface area (Å²) >= 11 is 5.85. The van der Waals surface area contributed by atoms with Crippen molar-refractivity contribution in [3.05, 3.63) is 11.8 Å².